The van der Waals surface area contributed by atoms with Crippen LogP contribution in [-0.2, 0) is 9.59 Å². The summed E-state index contributed by atoms with van der Waals surface area (Å²) in [6.07, 6.45) is 1.76. The molecule has 0 aliphatic heterocycles. The van der Waals surface area contributed by atoms with E-state index in [1.807, 2.05) is 6.07 Å². The van der Waals surface area contributed by atoms with Gasteiger partial charge in [-0.1, -0.05) is 0 Å². The summed E-state index contributed by atoms with van der Waals surface area (Å²) in [5, 5.41) is 19.5. The number of hydrogen-bond donors (Lipinski definition) is 2. The molecule has 0 aromatic rings. The van der Waals surface area contributed by atoms with E-state index in [4.69, 9.17) is 10.4 Å². The molecule has 0 aliphatic carbocycles. The van der Waals surface area contributed by atoms with Crippen LogP contribution in [0, 0.1) is 11.3 Å². The van der Waals surface area contributed by atoms with Crippen molar-refractivity contribution in [2.75, 3.05) is 11.5 Å². The number of carbonyl (C=O) groups is 2. The summed E-state index contributed by atoms with van der Waals surface area (Å²) in [4.78, 5) is 21.4. The zero-order valence-corrected chi connectivity index (χ0v) is 10.0. The number of unbranched alkanes of at least 4 members (excludes halogenated alkanes) is 1. The summed E-state index contributed by atoms with van der Waals surface area (Å²) >= 11 is 1.60. The van der Waals surface area contributed by atoms with E-state index < -0.39 is 12.0 Å². The van der Waals surface area contributed by atoms with Crippen molar-refractivity contribution in [2.24, 2.45) is 0 Å². The normalized spacial score (nSPS) is 11.5. The second-order valence-electron chi connectivity index (χ2n) is 3.25. The van der Waals surface area contributed by atoms with Gasteiger partial charge in [0.15, 0.2) is 0 Å². The minimum absolute atomic E-state index is 0.332. The van der Waals surface area contributed by atoms with Gasteiger partial charge in [-0.05, 0) is 24.3 Å². The van der Waals surface area contributed by atoms with Gasteiger partial charge in [-0.15, -0.1) is 0 Å². The second kappa shape index (κ2) is 9.04. The predicted molar refractivity (Wildman–Crippen MR) is 62.0 cm³/mol. The predicted octanol–water partition coefficient (Wildman–Crippen LogP) is 1.00. The van der Waals surface area contributed by atoms with E-state index in [1.54, 1.807) is 11.8 Å². The molecular weight excluding hydrogens is 228 g/mol. The van der Waals surface area contributed by atoms with Crippen LogP contribution in [0.2, 0.25) is 0 Å². The highest BCUT2D eigenvalue weighted by Gasteiger charge is 2.17. The SMILES string of the molecule is CC(=O)NC(CCSCCCC#N)C(=O)O. The summed E-state index contributed by atoms with van der Waals surface area (Å²) in [5.74, 6) is 0.178. The maximum absolute atomic E-state index is 10.7. The average Bonchev–Trinajstić information content (AvgIpc) is 2.20. The van der Waals surface area contributed by atoms with Crippen molar-refractivity contribution < 1.29 is 14.7 Å². The van der Waals surface area contributed by atoms with Crippen LogP contribution < -0.4 is 5.32 Å². The minimum Gasteiger partial charge on any atom is -0.480 e. The number of hydrogen-bond acceptors (Lipinski definition) is 4. The second-order valence-corrected chi connectivity index (χ2v) is 4.48. The van der Waals surface area contributed by atoms with E-state index in [1.165, 1.54) is 6.92 Å². The Kier molecular flexibility index (Phi) is 8.35. The highest BCUT2D eigenvalue weighted by Crippen LogP contribution is 2.08. The zero-order valence-electron chi connectivity index (χ0n) is 9.23. The standard InChI is InChI=1S/C10H16N2O3S/c1-8(13)12-9(10(14)15)4-7-16-6-3-2-5-11/h9H,2-4,6-7H2,1H3,(H,12,13)(H,14,15). The third-order valence-corrected chi connectivity index (χ3v) is 2.91. The highest BCUT2D eigenvalue weighted by atomic mass is 32.2. The number of nitrogens with one attached hydrogen (secondary N) is 1. The van der Waals surface area contributed by atoms with Crippen LogP contribution in [0.4, 0.5) is 0 Å². The summed E-state index contributed by atoms with van der Waals surface area (Å²) in [6.45, 7) is 1.30. The number of nitrogens with zero attached hydrogens (tertiary/aromatic N) is 1. The molecule has 16 heavy (non-hydrogen) atoms. The smallest absolute Gasteiger partial charge is 0.326 e. The molecule has 0 heterocycles. The molecule has 1 atom stereocenters. The first-order valence-electron chi connectivity index (χ1n) is 5.02. The summed E-state index contributed by atoms with van der Waals surface area (Å²) in [7, 11) is 0. The van der Waals surface area contributed by atoms with E-state index in [-0.39, 0.29) is 5.91 Å². The first kappa shape index (κ1) is 14.8. The fourth-order valence-electron chi connectivity index (χ4n) is 1.06. The molecule has 5 nitrogen and oxygen atoms in total. The fourth-order valence-corrected chi connectivity index (χ4v) is 2.01. The van der Waals surface area contributed by atoms with E-state index in [0.29, 0.717) is 18.6 Å². The van der Waals surface area contributed by atoms with Crippen LogP contribution in [0.15, 0.2) is 0 Å². The van der Waals surface area contributed by atoms with Crippen molar-refractivity contribution in [3.63, 3.8) is 0 Å². The maximum Gasteiger partial charge on any atom is 0.326 e. The third-order valence-electron chi connectivity index (χ3n) is 1.80. The first-order chi connectivity index (χ1) is 7.57. The van der Waals surface area contributed by atoms with Gasteiger partial charge in [-0.25, -0.2) is 4.79 Å². The molecule has 0 aliphatic rings. The topological polar surface area (TPSA) is 90.2 Å². The van der Waals surface area contributed by atoms with Crippen LogP contribution in [0.1, 0.15) is 26.2 Å². The lowest BCUT2D eigenvalue weighted by Crippen LogP contribution is -2.39. The van der Waals surface area contributed by atoms with Gasteiger partial charge in [0.1, 0.15) is 6.04 Å². The van der Waals surface area contributed by atoms with Gasteiger partial charge in [-0.2, -0.15) is 17.0 Å². The van der Waals surface area contributed by atoms with E-state index in [9.17, 15) is 9.59 Å². The molecule has 0 saturated carbocycles. The Morgan fingerprint density at radius 3 is 2.69 bits per heavy atom. The molecule has 0 bridgehead atoms. The summed E-state index contributed by atoms with van der Waals surface area (Å²) in [6, 6.07) is 1.24. The molecule has 1 unspecified atom stereocenters. The molecule has 0 aromatic carbocycles. The Balaban J connectivity index is 3.65. The molecule has 0 fully saturated rings. The van der Waals surface area contributed by atoms with Gasteiger partial charge in [0.2, 0.25) is 5.91 Å². The van der Waals surface area contributed by atoms with Gasteiger partial charge < -0.3 is 10.4 Å². The number of carboxylic acid groups (broad SMARTS) is 1. The van der Waals surface area contributed by atoms with Crippen molar-refractivity contribution >= 4 is 23.6 Å². The molecule has 90 valence electrons. The van der Waals surface area contributed by atoms with Crippen molar-refractivity contribution in [1.29, 1.82) is 5.26 Å². The number of thioether (sulfide) groups is 1. The Morgan fingerprint density at radius 1 is 1.50 bits per heavy atom. The number of nitriles is 1. The Bertz CT molecular complexity index is 276. The van der Waals surface area contributed by atoms with Crippen molar-refractivity contribution in [1.82, 2.24) is 5.32 Å². The largest absolute Gasteiger partial charge is 0.480 e. The fraction of sp³-hybridized carbons (Fsp3) is 0.700. The molecule has 2 N–H and O–H groups in total. The molecule has 0 radical (unpaired) electrons. The van der Waals surface area contributed by atoms with Crippen LogP contribution >= 0.6 is 11.8 Å². The molecule has 0 saturated heterocycles. The molecule has 0 rings (SSSR count). The number of aliphatic carboxylic acids is 1. The monoisotopic (exact) mass is 244 g/mol. The minimum atomic E-state index is -1.01. The van der Waals surface area contributed by atoms with Crippen LogP contribution in [0.5, 0.6) is 0 Å². The Hall–Kier alpha value is -1.22. The number of carboxylic acids is 1. The quantitative estimate of drug-likeness (QED) is 0.622. The van der Waals surface area contributed by atoms with E-state index in [2.05, 4.69) is 5.32 Å². The van der Waals surface area contributed by atoms with Gasteiger partial charge >= 0.3 is 5.97 Å². The molecular formula is C10H16N2O3S. The number of rotatable bonds is 8. The zero-order chi connectivity index (χ0) is 12.4. The summed E-state index contributed by atoms with van der Waals surface area (Å²) in [5.41, 5.74) is 0. The summed E-state index contributed by atoms with van der Waals surface area (Å²) < 4.78 is 0. The van der Waals surface area contributed by atoms with Gasteiger partial charge in [-0.3, -0.25) is 4.79 Å². The Labute approximate surface area is 99.2 Å². The highest BCUT2D eigenvalue weighted by molar-refractivity contribution is 7.99. The van der Waals surface area contributed by atoms with Crippen LogP contribution in [-0.4, -0.2) is 34.5 Å². The average molecular weight is 244 g/mol. The van der Waals surface area contributed by atoms with Gasteiger partial charge in [0.25, 0.3) is 0 Å². The van der Waals surface area contributed by atoms with E-state index in [0.717, 1.165) is 12.2 Å². The third kappa shape index (κ3) is 8.12. The van der Waals surface area contributed by atoms with Gasteiger partial charge in [0.05, 0.1) is 6.07 Å². The molecule has 6 heteroatoms. The molecule has 1 amide bonds. The number of amides is 1. The van der Waals surface area contributed by atoms with Crippen molar-refractivity contribution in [3.8, 4) is 6.07 Å². The van der Waals surface area contributed by atoms with Gasteiger partial charge in [0, 0.05) is 13.3 Å². The number of carbonyl (C=O) groups excluding carboxylic acids is 1. The molecule has 0 aromatic heterocycles. The lowest BCUT2D eigenvalue weighted by molar-refractivity contribution is -0.141. The van der Waals surface area contributed by atoms with Crippen LogP contribution in [0.3, 0.4) is 0 Å². The Morgan fingerprint density at radius 2 is 2.19 bits per heavy atom. The lowest BCUT2D eigenvalue weighted by atomic mass is 10.2. The van der Waals surface area contributed by atoms with E-state index >= 15 is 0 Å². The van der Waals surface area contributed by atoms with Crippen LogP contribution in [0.25, 0.3) is 0 Å². The first-order valence-corrected chi connectivity index (χ1v) is 6.18. The van der Waals surface area contributed by atoms with Crippen molar-refractivity contribution in [3.05, 3.63) is 0 Å². The molecule has 0 spiro atoms. The maximum atomic E-state index is 10.7. The van der Waals surface area contributed by atoms with Crippen molar-refractivity contribution in [2.45, 2.75) is 32.2 Å². The lowest BCUT2D eigenvalue weighted by Gasteiger charge is -2.12.